The molecule has 0 amide bonds. The molecule has 20 heavy (non-hydrogen) atoms. The zero-order valence-electron chi connectivity index (χ0n) is 11.1. The van der Waals surface area contributed by atoms with Gasteiger partial charge < -0.3 is 14.6 Å². The van der Waals surface area contributed by atoms with Gasteiger partial charge in [-0.3, -0.25) is 5.10 Å². The van der Waals surface area contributed by atoms with E-state index in [0.717, 1.165) is 54.4 Å². The molecule has 0 saturated carbocycles. The van der Waals surface area contributed by atoms with Crippen LogP contribution in [0.4, 0.5) is 5.82 Å². The van der Waals surface area contributed by atoms with Gasteiger partial charge in [0.25, 0.3) is 0 Å². The van der Waals surface area contributed by atoms with Crippen LogP contribution in [0.2, 0.25) is 0 Å². The summed E-state index contributed by atoms with van der Waals surface area (Å²) < 4.78 is 5.85. The van der Waals surface area contributed by atoms with Crippen LogP contribution in [-0.4, -0.2) is 36.4 Å². The van der Waals surface area contributed by atoms with Gasteiger partial charge in [0.1, 0.15) is 11.3 Å². The molecule has 1 fully saturated rings. The van der Waals surface area contributed by atoms with Crippen LogP contribution in [0.15, 0.2) is 40.8 Å². The molecule has 0 atom stereocenters. The number of piperazine rings is 1. The number of nitrogens with zero attached hydrogens (tertiary/aromatic N) is 2. The van der Waals surface area contributed by atoms with Crippen LogP contribution in [0.3, 0.4) is 0 Å². The number of fused-ring (bicyclic) bond motifs is 1. The summed E-state index contributed by atoms with van der Waals surface area (Å²) in [6, 6.07) is 12.1. The van der Waals surface area contributed by atoms with Crippen LogP contribution in [-0.2, 0) is 0 Å². The fourth-order valence-corrected chi connectivity index (χ4v) is 2.61. The van der Waals surface area contributed by atoms with E-state index in [-0.39, 0.29) is 0 Å². The molecule has 2 aromatic heterocycles. The molecule has 3 aromatic rings. The average Bonchev–Trinajstić information content (AvgIpc) is 3.14. The van der Waals surface area contributed by atoms with E-state index in [1.807, 2.05) is 24.3 Å². The van der Waals surface area contributed by atoms with E-state index < -0.39 is 0 Å². The predicted molar refractivity (Wildman–Crippen MR) is 78.9 cm³/mol. The van der Waals surface area contributed by atoms with Gasteiger partial charge in [0, 0.05) is 37.6 Å². The molecule has 0 unspecified atom stereocenters. The summed E-state index contributed by atoms with van der Waals surface area (Å²) in [5.74, 6) is 1.82. The number of nitrogens with one attached hydrogen (secondary N) is 2. The lowest BCUT2D eigenvalue weighted by Crippen LogP contribution is -2.43. The Kier molecular flexibility index (Phi) is 2.70. The van der Waals surface area contributed by atoms with Gasteiger partial charge in [-0.2, -0.15) is 5.10 Å². The molecule has 1 saturated heterocycles. The summed E-state index contributed by atoms with van der Waals surface area (Å²) in [6.07, 6.45) is 0. The number of anilines is 1. The van der Waals surface area contributed by atoms with Crippen LogP contribution >= 0.6 is 0 Å². The Bertz CT molecular complexity index is 691. The van der Waals surface area contributed by atoms with E-state index in [1.54, 1.807) is 0 Å². The van der Waals surface area contributed by atoms with Crippen molar-refractivity contribution in [2.75, 3.05) is 31.1 Å². The van der Waals surface area contributed by atoms with Crippen LogP contribution in [0.25, 0.3) is 22.4 Å². The number of hydrogen-bond acceptors (Lipinski definition) is 4. The van der Waals surface area contributed by atoms with E-state index in [2.05, 4.69) is 32.5 Å². The van der Waals surface area contributed by atoms with Gasteiger partial charge in [0.15, 0.2) is 11.6 Å². The lowest BCUT2D eigenvalue weighted by atomic mass is 10.2. The second kappa shape index (κ2) is 4.68. The number of hydrogen-bond donors (Lipinski definition) is 2. The van der Waals surface area contributed by atoms with Crippen molar-refractivity contribution < 1.29 is 4.42 Å². The zero-order chi connectivity index (χ0) is 13.4. The van der Waals surface area contributed by atoms with E-state index >= 15 is 0 Å². The Labute approximate surface area is 116 Å². The maximum atomic E-state index is 5.85. The van der Waals surface area contributed by atoms with Crippen molar-refractivity contribution >= 4 is 16.8 Å². The largest absolute Gasteiger partial charge is 0.454 e. The third kappa shape index (κ3) is 1.96. The number of furan rings is 1. The Hall–Kier alpha value is -2.27. The minimum Gasteiger partial charge on any atom is -0.454 e. The molecule has 102 valence electrons. The third-order valence-corrected chi connectivity index (χ3v) is 3.70. The van der Waals surface area contributed by atoms with Crippen molar-refractivity contribution in [3.63, 3.8) is 0 Å². The Morgan fingerprint density at radius 2 is 1.95 bits per heavy atom. The minimum atomic E-state index is 0.833. The van der Waals surface area contributed by atoms with Crippen molar-refractivity contribution in [1.29, 1.82) is 0 Å². The number of aromatic amines is 1. The van der Waals surface area contributed by atoms with Crippen molar-refractivity contribution in [2.24, 2.45) is 0 Å². The second-order valence-corrected chi connectivity index (χ2v) is 5.03. The molecular weight excluding hydrogens is 252 g/mol. The van der Waals surface area contributed by atoms with Crippen molar-refractivity contribution in [3.05, 3.63) is 36.4 Å². The highest BCUT2D eigenvalue weighted by Crippen LogP contribution is 2.28. The van der Waals surface area contributed by atoms with Crippen molar-refractivity contribution in [2.45, 2.75) is 0 Å². The first-order chi connectivity index (χ1) is 9.90. The normalized spacial score (nSPS) is 15.9. The monoisotopic (exact) mass is 268 g/mol. The molecule has 3 heterocycles. The molecule has 0 bridgehead atoms. The lowest BCUT2D eigenvalue weighted by Gasteiger charge is -2.26. The van der Waals surface area contributed by atoms with Gasteiger partial charge in [-0.25, -0.2) is 0 Å². The number of rotatable bonds is 2. The number of benzene rings is 1. The molecule has 1 aliphatic heterocycles. The van der Waals surface area contributed by atoms with E-state index in [4.69, 9.17) is 4.42 Å². The van der Waals surface area contributed by atoms with Crippen LogP contribution in [0.1, 0.15) is 0 Å². The first kappa shape index (κ1) is 11.5. The van der Waals surface area contributed by atoms with Crippen molar-refractivity contribution in [1.82, 2.24) is 15.5 Å². The topological polar surface area (TPSA) is 57.1 Å². The fourth-order valence-electron chi connectivity index (χ4n) is 2.61. The summed E-state index contributed by atoms with van der Waals surface area (Å²) in [5, 5.41) is 11.9. The second-order valence-electron chi connectivity index (χ2n) is 5.03. The molecule has 1 aliphatic rings. The summed E-state index contributed by atoms with van der Waals surface area (Å²) in [4.78, 5) is 2.28. The van der Waals surface area contributed by atoms with E-state index in [0.29, 0.717) is 0 Å². The summed E-state index contributed by atoms with van der Waals surface area (Å²) in [7, 11) is 0. The third-order valence-electron chi connectivity index (χ3n) is 3.70. The molecular formula is C15H16N4O. The highest BCUT2D eigenvalue weighted by Gasteiger charge is 2.15. The van der Waals surface area contributed by atoms with Crippen molar-refractivity contribution in [3.8, 4) is 11.5 Å². The van der Waals surface area contributed by atoms with E-state index in [9.17, 15) is 0 Å². The molecule has 5 nitrogen and oxygen atoms in total. The smallest absolute Gasteiger partial charge is 0.153 e. The predicted octanol–water partition coefficient (Wildman–Crippen LogP) is 2.23. The lowest BCUT2D eigenvalue weighted by molar-refractivity contribution is 0.584. The van der Waals surface area contributed by atoms with Gasteiger partial charge >= 0.3 is 0 Å². The van der Waals surface area contributed by atoms with Crippen LogP contribution < -0.4 is 10.2 Å². The highest BCUT2D eigenvalue weighted by molar-refractivity contribution is 5.82. The molecule has 0 aliphatic carbocycles. The maximum Gasteiger partial charge on any atom is 0.153 e. The molecule has 0 radical (unpaired) electrons. The number of aromatic nitrogens is 2. The molecule has 0 spiro atoms. The van der Waals surface area contributed by atoms with Crippen LogP contribution in [0, 0.1) is 0 Å². The standard InChI is InChI=1S/C15H16N4O/c1-2-4-13-11(3-1)9-14(20-13)12-10-15(18-17-12)19-7-5-16-6-8-19/h1-4,9-10,16H,5-8H2,(H,17,18). The quantitative estimate of drug-likeness (QED) is 0.748. The van der Waals surface area contributed by atoms with Crippen LogP contribution in [0.5, 0.6) is 0 Å². The molecule has 4 rings (SSSR count). The minimum absolute atomic E-state index is 0.833. The first-order valence-corrected chi connectivity index (χ1v) is 6.90. The summed E-state index contributed by atoms with van der Waals surface area (Å²) in [5.41, 5.74) is 1.83. The van der Waals surface area contributed by atoms with Gasteiger partial charge in [-0.1, -0.05) is 18.2 Å². The Balaban J connectivity index is 1.66. The average molecular weight is 268 g/mol. The summed E-state index contributed by atoms with van der Waals surface area (Å²) >= 11 is 0. The fraction of sp³-hybridized carbons (Fsp3) is 0.267. The number of para-hydroxylation sites is 1. The van der Waals surface area contributed by atoms with Gasteiger partial charge in [0.05, 0.1) is 0 Å². The molecule has 5 heteroatoms. The first-order valence-electron chi connectivity index (χ1n) is 6.90. The van der Waals surface area contributed by atoms with E-state index in [1.165, 1.54) is 0 Å². The van der Waals surface area contributed by atoms with Gasteiger partial charge in [-0.15, -0.1) is 0 Å². The molecule has 2 N–H and O–H groups in total. The maximum absolute atomic E-state index is 5.85. The Morgan fingerprint density at radius 3 is 2.80 bits per heavy atom. The van der Waals surface area contributed by atoms with Gasteiger partial charge in [0.2, 0.25) is 0 Å². The summed E-state index contributed by atoms with van der Waals surface area (Å²) in [6.45, 7) is 3.99. The Morgan fingerprint density at radius 1 is 1.10 bits per heavy atom. The zero-order valence-corrected chi connectivity index (χ0v) is 11.1. The van der Waals surface area contributed by atoms with Gasteiger partial charge in [-0.05, 0) is 12.1 Å². The highest BCUT2D eigenvalue weighted by atomic mass is 16.3. The SMILES string of the molecule is c1ccc2oc(-c3cc(N4CCNCC4)n[nH]3)cc2c1. The molecule has 1 aromatic carbocycles. The number of H-pyrrole nitrogens is 1.